The van der Waals surface area contributed by atoms with E-state index in [1.807, 2.05) is 0 Å². The Hall–Kier alpha value is -2.69. The highest BCUT2D eigenvalue weighted by atomic mass is 16.6. The van der Waals surface area contributed by atoms with Crippen LogP contribution in [0.5, 0.6) is 0 Å². The van der Waals surface area contributed by atoms with E-state index in [4.69, 9.17) is 9.47 Å². The fourth-order valence-electron chi connectivity index (χ4n) is 6.36. The molecule has 0 radical (unpaired) electrons. The summed E-state index contributed by atoms with van der Waals surface area (Å²) in [4.78, 5) is 12.2. The molecule has 0 spiro atoms. The molecule has 326 valence electrons. The van der Waals surface area contributed by atoms with E-state index in [9.17, 15) is 9.90 Å². The molecule has 4 nitrogen and oxygen atoms in total. The van der Waals surface area contributed by atoms with Gasteiger partial charge in [-0.2, -0.15) is 0 Å². The summed E-state index contributed by atoms with van der Waals surface area (Å²) in [6.45, 7) is 5.18. The van der Waals surface area contributed by atoms with Gasteiger partial charge in [0.05, 0.1) is 13.2 Å². The third-order valence-corrected chi connectivity index (χ3v) is 9.89. The van der Waals surface area contributed by atoms with E-state index in [1.54, 1.807) is 0 Å². The van der Waals surface area contributed by atoms with Gasteiger partial charge in [-0.05, 0) is 96.3 Å². The fourth-order valence-corrected chi connectivity index (χ4v) is 6.36. The van der Waals surface area contributed by atoms with Crippen LogP contribution in [-0.4, -0.2) is 37.0 Å². The van der Waals surface area contributed by atoms with Crippen molar-refractivity contribution in [2.24, 2.45) is 0 Å². The summed E-state index contributed by atoms with van der Waals surface area (Å²) in [5, 5.41) is 9.63. The van der Waals surface area contributed by atoms with Crippen molar-refractivity contribution < 1.29 is 19.4 Å². The van der Waals surface area contributed by atoms with Crippen molar-refractivity contribution in [3.8, 4) is 0 Å². The molecule has 0 bridgehead atoms. The molecular weight excluding hydrogens is 701 g/mol. The molecule has 57 heavy (non-hydrogen) atoms. The average Bonchev–Trinajstić information content (AvgIpc) is 3.22. The van der Waals surface area contributed by atoms with Crippen molar-refractivity contribution in [3.05, 3.63) is 97.2 Å². The monoisotopic (exact) mass is 791 g/mol. The Bertz CT molecular complexity index is 1060. The van der Waals surface area contributed by atoms with Crippen LogP contribution in [0.25, 0.3) is 0 Å². The summed E-state index contributed by atoms with van der Waals surface area (Å²) >= 11 is 0. The molecule has 0 aliphatic heterocycles. The maximum Gasteiger partial charge on any atom is 0.306 e. The molecule has 0 fully saturated rings. The lowest BCUT2D eigenvalue weighted by molar-refractivity contribution is -0.154. The van der Waals surface area contributed by atoms with Crippen LogP contribution < -0.4 is 0 Å². The van der Waals surface area contributed by atoms with Gasteiger partial charge in [0.15, 0.2) is 0 Å². The van der Waals surface area contributed by atoms with Gasteiger partial charge in [0, 0.05) is 13.0 Å². The number of unbranched alkanes of at least 4 members (excludes halogenated alkanes) is 19. The highest BCUT2D eigenvalue weighted by Gasteiger charge is 2.13. The zero-order chi connectivity index (χ0) is 41.2. The van der Waals surface area contributed by atoms with Gasteiger partial charge in [0.2, 0.25) is 0 Å². The molecular formula is C53H90O4. The van der Waals surface area contributed by atoms with Gasteiger partial charge < -0.3 is 14.6 Å². The predicted molar refractivity (Wildman–Crippen MR) is 251 cm³/mol. The number of aliphatic hydroxyl groups is 1. The van der Waals surface area contributed by atoms with E-state index in [-0.39, 0.29) is 19.2 Å². The first-order valence-electron chi connectivity index (χ1n) is 23.8. The first-order chi connectivity index (χ1) is 28.2. The maximum absolute atomic E-state index is 12.2. The third kappa shape index (κ3) is 47.6. The highest BCUT2D eigenvalue weighted by molar-refractivity contribution is 5.69. The second kappa shape index (κ2) is 49.5. The van der Waals surface area contributed by atoms with Gasteiger partial charge >= 0.3 is 5.97 Å². The fraction of sp³-hybridized carbons (Fsp3) is 0.679. The Morgan fingerprint density at radius 2 is 0.789 bits per heavy atom. The number of esters is 1. The number of carbonyl (C=O) groups excluding carboxylic acids is 1. The topological polar surface area (TPSA) is 55.8 Å². The van der Waals surface area contributed by atoms with E-state index in [0.717, 1.165) is 77.0 Å². The minimum absolute atomic E-state index is 0.184. The summed E-state index contributed by atoms with van der Waals surface area (Å²) < 4.78 is 11.2. The minimum atomic E-state index is -0.551. The Balaban J connectivity index is 3.49. The van der Waals surface area contributed by atoms with E-state index >= 15 is 0 Å². The molecule has 1 unspecified atom stereocenters. The number of rotatable bonds is 43. The van der Waals surface area contributed by atoms with Crippen molar-refractivity contribution in [2.75, 3.05) is 19.8 Å². The lowest BCUT2D eigenvalue weighted by atomic mass is 10.1. The summed E-state index contributed by atoms with van der Waals surface area (Å²) in [6.07, 6.45) is 70.5. The minimum Gasteiger partial charge on any atom is -0.457 e. The standard InChI is InChI=1S/C53H90O4/c1-3-5-7-9-11-13-15-17-19-21-23-24-25-26-27-28-29-31-33-35-37-39-41-43-45-47-49-56-51-52(50-54)57-53(55)48-46-44-42-40-38-36-34-32-30-22-20-18-16-14-12-10-8-6-4-2/h5,7,11-14,17-20,23-24,26-27,30,32,52,54H,3-4,6,8-10,15-16,21-22,25,28-29,31,33-51H2,1-2H3/b7-5-,13-11-,14-12-,19-17-,20-18-,24-23-,27-26-,32-30-. The number of ether oxygens (including phenoxy) is 2. The SMILES string of the molecule is CC/C=C\C/C=C\C/C=C\C/C=C\C/C=C\CCCCCCCCCCCCOCC(CO)OC(=O)CCCCCCCC/C=C\C/C=C\C/C=C\CCCCC. The van der Waals surface area contributed by atoms with Crippen LogP contribution in [-0.2, 0) is 14.3 Å². The first kappa shape index (κ1) is 54.3. The Morgan fingerprint density at radius 1 is 0.439 bits per heavy atom. The second-order valence-electron chi connectivity index (χ2n) is 15.4. The van der Waals surface area contributed by atoms with Gasteiger partial charge in [-0.3, -0.25) is 4.79 Å². The molecule has 0 aliphatic rings. The Labute approximate surface area is 353 Å². The van der Waals surface area contributed by atoms with Crippen LogP contribution in [0.15, 0.2) is 97.2 Å². The molecule has 0 aromatic rings. The molecule has 0 rings (SSSR count). The lowest BCUT2D eigenvalue weighted by Gasteiger charge is -2.15. The van der Waals surface area contributed by atoms with Crippen molar-refractivity contribution in [1.29, 1.82) is 0 Å². The lowest BCUT2D eigenvalue weighted by Crippen LogP contribution is -2.27. The van der Waals surface area contributed by atoms with Crippen molar-refractivity contribution in [3.63, 3.8) is 0 Å². The maximum atomic E-state index is 12.2. The summed E-state index contributed by atoms with van der Waals surface area (Å²) in [7, 11) is 0. The van der Waals surface area contributed by atoms with Gasteiger partial charge in [-0.1, -0.05) is 201 Å². The Kier molecular flexibility index (Phi) is 47.1. The van der Waals surface area contributed by atoms with Crippen LogP contribution in [0, 0.1) is 0 Å². The molecule has 1 atom stereocenters. The zero-order valence-corrected chi connectivity index (χ0v) is 37.3. The molecule has 1 N–H and O–H groups in total. The smallest absolute Gasteiger partial charge is 0.306 e. The second-order valence-corrected chi connectivity index (χ2v) is 15.4. The van der Waals surface area contributed by atoms with E-state index in [0.29, 0.717) is 13.0 Å². The molecule has 0 aliphatic carbocycles. The summed E-state index contributed by atoms with van der Waals surface area (Å²) in [5.41, 5.74) is 0. The number of hydrogen-bond donors (Lipinski definition) is 1. The Morgan fingerprint density at radius 3 is 1.19 bits per heavy atom. The summed E-state index contributed by atoms with van der Waals surface area (Å²) in [5.74, 6) is -0.217. The predicted octanol–water partition coefficient (Wildman–Crippen LogP) is 16.1. The van der Waals surface area contributed by atoms with Crippen molar-refractivity contribution in [2.45, 2.75) is 213 Å². The van der Waals surface area contributed by atoms with E-state index < -0.39 is 6.10 Å². The van der Waals surface area contributed by atoms with Gasteiger partial charge in [-0.15, -0.1) is 0 Å². The van der Waals surface area contributed by atoms with Crippen molar-refractivity contribution >= 4 is 5.97 Å². The van der Waals surface area contributed by atoms with Gasteiger partial charge in [0.1, 0.15) is 6.10 Å². The van der Waals surface area contributed by atoms with Gasteiger partial charge in [-0.25, -0.2) is 0 Å². The molecule has 0 saturated carbocycles. The van der Waals surface area contributed by atoms with Crippen LogP contribution in [0.2, 0.25) is 0 Å². The quantitative estimate of drug-likeness (QED) is 0.0380. The molecule has 0 aromatic heterocycles. The van der Waals surface area contributed by atoms with Crippen LogP contribution in [0.4, 0.5) is 0 Å². The third-order valence-electron chi connectivity index (χ3n) is 9.89. The summed E-state index contributed by atoms with van der Waals surface area (Å²) in [6, 6.07) is 0. The normalized spacial score (nSPS) is 13.2. The molecule has 0 saturated heterocycles. The molecule has 0 amide bonds. The molecule has 4 heteroatoms. The number of hydrogen-bond acceptors (Lipinski definition) is 4. The highest BCUT2D eigenvalue weighted by Crippen LogP contribution is 2.13. The van der Waals surface area contributed by atoms with E-state index in [1.165, 1.54) is 109 Å². The number of aliphatic hydroxyl groups excluding tert-OH is 1. The van der Waals surface area contributed by atoms with Crippen LogP contribution >= 0.6 is 0 Å². The largest absolute Gasteiger partial charge is 0.457 e. The number of carbonyl (C=O) groups is 1. The van der Waals surface area contributed by atoms with Crippen molar-refractivity contribution in [1.82, 2.24) is 0 Å². The van der Waals surface area contributed by atoms with Gasteiger partial charge in [0.25, 0.3) is 0 Å². The molecule has 0 aromatic carbocycles. The van der Waals surface area contributed by atoms with Crippen LogP contribution in [0.3, 0.4) is 0 Å². The number of allylic oxidation sites excluding steroid dienone is 16. The van der Waals surface area contributed by atoms with Crippen LogP contribution in [0.1, 0.15) is 206 Å². The zero-order valence-electron chi connectivity index (χ0n) is 37.3. The van der Waals surface area contributed by atoms with E-state index in [2.05, 4.69) is 111 Å². The molecule has 0 heterocycles. The first-order valence-corrected chi connectivity index (χ1v) is 23.8. The average molecular weight is 791 g/mol.